The molecule has 1 N–H and O–H groups in total. The molecule has 126 valence electrons. The quantitative estimate of drug-likeness (QED) is 0.847. The molecule has 0 saturated heterocycles. The third-order valence-electron chi connectivity index (χ3n) is 4.47. The number of carbonyl (C=O) groups is 3. The number of hydrogen-bond donors (Lipinski definition) is 1. The highest BCUT2D eigenvalue weighted by Gasteiger charge is 2.44. The van der Waals surface area contributed by atoms with Gasteiger partial charge in [0, 0.05) is 24.1 Å². The van der Waals surface area contributed by atoms with Gasteiger partial charge in [0.15, 0.2) is 5.78 Å². The lowest BCUT2D eigenvalue weighted by molar-refractivity contribution is -0.146. The summed E-state index contributed by atoms with van der Waals surface area (Å²) in [5.74, 6) is -1.29. The number of carbonyl (C=O) groups excluding carboxylic acids is 3. The van der Waals surface area contributed by atoms with Gasteiger partial charge in [0.2, 0.25) is 5.91 Å². The maximum Gasteiger partial charge on any atom is 0.312 e. The summed E-state index contributed by atoms with van der Waals surface area (Å²) in [6.45, 7) is 5.87. The van der Waals surface area contributed by atoms with E-state index in [0.29, 0.717) is 29.9 Å². The molecule has 1 atom stereocenters. The van der Waals surface area contributed by atoms with Crippen molar-refractivity contribution in [1.82, 2.24) is 0 Å². The molecule has 2 aliphatic rings. The van der Waals surface area contributed by atoms with Gasteiger partial charge in [-0.05, 0) is 24.5 Å². The Morgan fingerprint density at radius 2 is 1.83 bits per heavy atom. The normalized spacial score (nSPS) is 22.7. The molecule has 1 amide bonds. The van der Waals surface area contributed by atoms with Crippen LogP contribution in [0.25, 0.3) is 0 Å². The van der Waals surface area contributed by atoms with Crippen LogP contribution in [0.2, 0.25) is 0 Å². The number of anilines is 1. The number of nitrogens with one attached hydrogen (secondary N) is 1. The maximum atomic E-state index is 12.7. The first-order valence-corrected chi connectivity index (χ1v) is 8.10. The zero-order chi connectivity index (χ0) is 17.5. The topological polar surface area (TPSA) is 72.5 Å². The number of allylic oxidation sites excluding steroid dienone is 1. The fourth-order valence-electron chi connectivity index (χ4n) is 3.30. The Bertz CT molecular complexity index is 743. The number of ether oxygens (including phenoxy) is 1. The number of hydrogen-bond acceptors (Lipinski definition) is 4. The van der Waals surface area contributed by atoms with Crippen molar-refractivity contribution >= 4 is 23.3 Å². The van der Waals surface area contributed by atoms with E-state index < -0.39 is 11.9 Å². The van der Waals surface area contributed by atoms with Crippen LogP contribution in [0.5, 0.6) is 0 Å². The van der Waals surface area contributed by atoms with Crippen LogP contribution in [0.4, 0.5) is 5.69 Å². The molecule has 1 aliphatic heterocycles. The highest BCUT2D eigenvalue weighted by molar-refractivity contribution is 6.08. The van der Waals surface area contributed by atoms with Crippen LogP contribution in [-0.4, -0.2) is 17.7 Å². The number of ketones is 1. The van der Waals surface area contributed by atoms with Gasteiger partial charge >= 0.3 is 5.97 Å². The number of Topliss-reactive ketones (excluding diaryl/α,β-unsaturated/α-hetero) is 1. The molecule has 1 aromatic rings. The van der Waals surface area contributed by atoms with Crippen LogP contribution in [0.3, 0.4) is 0 Å². The van der Waals surface area contributed by atoms with Crippen molar-refractivity contribution in [2.75, 3.05) is 5.32 Å². The van der Waals surface area contributed by atoms with Crippen LogP contribution in [0.1, 0.15) is 38.7 Å². The van der Waals surface area contributed by atoms with Crippen molar-refractivity contribution < 1.29 is 19.1 Å². The predicted octanol–water partition coefficient (Wildman–Crippen LogP) is 3.14. The fraction of sp³-hybridized carbons (Fsp3) is 0.421. The molecular weight excluding hydrogens is 306 g/mol. The second kappa shape index (κ2) is 5.89. The lowest BCUT2D eigenvalue weighted by Gasteiger charge is -2.36. The second-order valence-corrected chi connectivity index (χ2v) is 7.36. The van der Waals surface area contributed by atoms with Crippen molar-refractivity contribution in [3.8, 4) is 0 Å². The van der Waals surface area contributed by atoms with Gasteiger partial charge in [-0.2, -0.15) is 0 Å². The first kappa shape index (κ1) is 16.4. The van der Waals surface area contributed by atoms with Crippen molar-refractivity contribution in [2.24, 2.45) is 11.3 Å². The van der Waals surface area contributed by atoms with Crippen LogP contribution in [0.15, 0.2) is 35.6 Å². The van der Waals surface area contributed by atoms with E-state index in [4.69, 9.17) is 4.74 Å². The summed E-state index contributed by atoms with van der Waals surface area (Å²) in [7, 11) is 0. The number of rotatable bonds is 2. The highest BCUT2D eigenvalue weighted by atomic mass is 16.5. The molecule has 1 aromatic carbocycles. The van der Waals surface area contributed by atoms with Crippen molar-refractivity contribution in [3.05, 3.63) is 41.2 Å². The Hall–Kier alpha value is -2.43. The van der Waals surface area contributed by atoms with E-state index in [1.807, 2.05) is 32.9 Å². The first-order valence-electron chi connectivity index (χ1n) is 8.10. The summed E-state index contributed by atoms with van der Waals surface area (Å²) in [6.07, 6.45) is 0.758. The fourth-order valence-corrected chi connectivity index (χ4v) is 3.30. The number of benzene rings is 1. The van der Waals surface area contributed by atoms with E-state index in [0.717, 1.165) is 5.56 Å². The van der Waals surface area contributed by atoms with Crippen molar-refractivity contribution in [1.29, 1.82) is 0 Å². The van der Waals surface area contributed by atoms with E-state index in [1.165, 1.54) is 0 Å². The average Bonchev–Trinajstić information content (AvgIpc) is 2.46. The zero-order valence-electron chi connectivity index (χ0n) is 14.1. The molecule has 0 unspecified atom stereocenters. The summed E-state index contributed by atoms with van der Waals surface area (Å²) < 4.78 is 5.28. The minimum Gasteiger partial charge on any atom is -0.431 e. The lowest BCUT2D eigenvalue weighted by atomic mass is 9.72. The molecule has 5 heteroatoms. The average molecular weight is 327 g/mol. The number of amides is 1. The molecule has 0 saturated carbocycles. The summed E-state index contributed by atoms with van der Waals surface area (Å²) in [5, 5.41) is 2.80. The van der Waals surface area contributed by atoms with Gasteiger partial charge in [0.25, 0.3) is 0 Å². The van der Waals surface area contributed by atoms with Gasteiger partial charge in [-0.1, -0.05) is 31.5 Å². The number of aryl methyl sites for hydroxylation is 1. The smallest absolute Gasteiger partial charge is 0.312 e. The predicted molar refractivity (Wildman–Crippen MR) is 89.1 cm³/mol. The molecule has 1 aliphatic carbocycles. The Kier molecular flexibility index (Phi) is 4.03. The minimum atomic E-state index is -0.772. The molecule has 0 bridgehead atoms. The molecule has 0 radical (unpaired) electrons. The maximum absolute atomic E-state index is 12.7. The van der Waals surface area contributed by atoms with Gasteiger partial charge in [-0.3, -0.25) is 14.4 Å². The molecule has 0 spiro atoms. The van der Waals surface area contributed by atoms with E-state index >= 15 is 0 Å². The van der Waals surface area contributed by atoms with Gasteiger partial charge in [0.1, 0.15) is 5.76 Å². The van der Waals surface area contributed by atoms with Crippen LogP contribution >= 0.6 is 0 Å². The summed E-state index contributed by atoms with van der Waals surface area (Å²) in [4.78, 5) is 37.1. The molecule has 24 heavy (non-hydrogen) atoms. The third-order valence-corrected chi connectivity index (χ3v) is 4.47. The van der Waals surface area contributed by atoms with Gasteiger partial charge in [0.05, 0.1) is 12.3 Å². The second-order valence-electron chi connectivity index (χ2n) is 7.36. The van der Waals surface area contributed by atoms with Gasteiger partial charge in [-0.25, -0.2) is 0 Å². The first-order chi connectivity index (χ1) is 11.2. The van der Waals surface area contributed by atoms with E-state index in [9.17, 15) is 14.4 Å². The SMILES string of the molecule is Cc1ccc(NC(=O)[C@@H]2CC(=O)OC3=C2C(=O)CC(C)(C)C3)cc1. The summed E-state index contributed by atoms with van der Waals surface area (Å²) >= 11 is 0. The molecule has 3 rings (SSSR count). The Morgan fingerprint density at radius 3 is 2.50 bits per heavy atom. The van der Waals surface area contributed by atoms with Crippen LogP contribution in [0, 0.1) is 18.3 Å². The van der Waals surface area contributed by atoms with E-state index in [1.54, 1.807) is 12.1 Å². The van der Waals surface area contributed by atoms with E-state index in [2.05, 4.69) is 5.32 Å². The van der Waals surface area contributed by atoms with Gasteiger partial charge in [-0.15, -0.1) is 0 Å². The van der Waals surface area contributed by atoms with Crippen LogP contribution in [-0.2, 0) is 19.1 Å². The highest BCUT2D eigenvalue weighted by Crippen LogP contribution is 2.42. The molecule has 0 aromatic heterocycles. The number of esters is 1. The molecule has 1 heterocycles. The third kappa shape index (κ3) is 3.25. The van der Waals surface area contributed by atoms with Crippen molar-refractivity contribution in [3.63, 3.8) is 0 Å². The summed E-state index contributed by atoms with van der Waals surface area (Å²) in [5.41, 5.74) is 1.85. The van der Waals surface area contributed by atoms with E-state index in [-0.39, 0.29) is 23.5 Å². The Morgan fingerprint density at radius 1 is 1.17 bits per heavy atom. The monoisotopic (exact) mass is 327 g/mol. The molecule has 5 nitrogen and oxygen atoms in total. The lowest BCUT2D eigenvalue weighted by Crippen LogP contribution is -2.39. The largest absolute Gasteiger partial charge is 0.431 e. The van der Waals surface area contributed by atoms with Gasteiger partial charge < -0.3 is 10.1 Å². The molecule has 0 fully saturated rings. The standard InChI is InChI=1S/C19H21NO4/c1-11-4-6-12(7-5-11)20-18(23)13-8-16(22)24-15-10-19(2,3)9-14(21)17(13)15/h4-7,13H,8-10H2,1-3H3,(H,20,23)/t13-/m1/s1. The van der Waals surface area contributed by atoms with Crippen molar-refractivity contribution in [2.45, 2.75) is 40.0 Å². The summed E-state index contributed by atoms with van der Waals surface area (Å²) in [6, 6.07) is 7.39. The zero-order valence-corrected chi connectivity index (χ0v) is 14.1. The minimum absolute atomic E-state index is 0.0945. The van der Waals surface area contributed by atoms with Crippen LogP contribution < -0.4 is 5.32 Å². The Balaban J connectivity index is 1.88. The Labute approximate surface area is 141 Å². The molecular formula is C19H21NO4.